The Labute approximate surface area is 279 Å². The number of rotatable bonds is 14. The molecular weight excluding hydrogens is 595 g/mol. The SMILES string of the molecule is CCn1nc(Cc2ccc(OC)c(OC)c2)cc1C1CCN(CC2CC(N(C)[C@H](CC(C)C)C(=O)O)CC2c2cccc(F)c2)CC1. The number of hydrogen-bond donors (Lipinski definition) is 1. The topological polar surface area (TPSA) is 80.1 Å². The van der Waals surface area contributed by atoms with Gasteiger partial charge in [0.25, 0.3) is 0 Å². The standard InChI is InChI=1S/C38H53FN4O4/c1-7-43-34(22-31(40-43)18-26-11-12-36(46-5)37(19-26)47-6)27-13-15-42(16-14-27)24-29-21-32(41(4)35(38(44)45)17-25(2)3)23-33(29)28-9-8-10-30(39)20-28/h8-12,19-20,22,25,27,29,32-33,35H,7,13-18,21,23-24H2,1-6H3,(H,44,45)/t29?,32?,33?,35-/m1/s1. The molecule has 4 atom stereocenters. The Kier molecular flexibility index (Phi) is 11.6. The van der Waals surface area contributed by atoms with E-state index in [0.29, 0.717) is 24.2 Å². The number of carboxylic acids is 1. The number of aliphatic carboxylic acids is 1. The van der Waals surface area contributed by atoms with E-state index in [1.807, 2.05) is 25.2 Å². The number of likely N-dealkylation sites (N-methyl/N-ethyl adjacent to an activating group) is 1. The van der Waals surface area contributed by atoms with Gasteiger partial charge < -0.3 is 19.5 Å². The Morgan fingerprint density at radius 2 is 1.81 bits per heavy atom. The molecule has 9 heteroatoms. The number of nitrogens with zero attached hydrogens (tertiary/aromatic N) is 4. The van der Waals surface area contributed by atoms with E-state index in [9.17, 15) is 14.3 Å². The van der Waals surface area contributed by atoms with Crippen molar-refractivity contribution in [2.45, 2.75) is 89.8 Å². The second-order valence-corrected chi connectivity index (χ2v) is 14.0. The van der Waals surface area contributed by atoms with Gasteiger partial charge in [0.15, 0.2) is 11.5 Å². The Bertz CT molecular complexity index is 1480. The third kappa shape index (κ3) is 8.36. The van der Waals surface area contributed by atoms with Crippen molar-refractivity contribution >= 4 is 5.97 Å². The van der Waals surface area contributed by atoms with Gasteiger partial charge in [-0.15, -0.1) is 0 Å². The molecule has 8 nitrogen and oxygen atoms in total. The molecule has 1 saturated carbocycles. The lowest BCUT2D eigenvalue weighted by Crippen LogP contribution is -2.45. The Morgan fingerprint density at radius 3 is 2.45 bits per heavy atom. The molecule has 3 unspecified atom stereocenters. The predicted molar refractivity (Wildman–Crippen MR) is 183 cm³/mol. The van der Waals surface area contributed by atoms with Gasteiger partial charge in [-0.1, -0.05) is 32.0 Å². The van der Waals surface area contributed by atoms with Crippen LogP contribution >= 0.6 is 0 Å². The maximum Gasteiger partial charge on any atom is 0.320 e. The number of aryl methyl sites for hydroxylation is 1. The van der Waals surface area contributed by atoms with Crippen LogP contribution in [-0.4, -0.2) is 83.6 Å². The van der Waals surface area contributed by atoms with Crippen LogP contribution in [0.5, 0.6) is 11.5 Å². The summed E-state index contributed by atoms with van der Waals surface area (Å²) in [4.78, 5) is 16.9. The number of hydrogen-bond acceptors (Lipinski definition) is 6. The first-order valence-electron chi connectivity index (χ1n) is 17.3. The van der Waals surface area contributed by atoms with E-state index in [4.69, 9.17) is 14.6 Å². The smallest absolute Gasteiger partial charge is 0.320 e. The zero-order chi connectivity index (χ0) is 33.7. The minimum absolute atomic E-state index is 0.147. The molecule has 2 fully saturated rings. The molecule has 0 amide bonds. The molecule has 2 aromatic carbocycles. The molecule has 47 heavy (non-hydrogen) atoms. The molecule has 0 bridgehead atoms. The lowest BCUT2D eigenvalue weighted by molar-refractivity contribution is -0.144. The third-order valence-electron chi connectivity index (χ3n) is 10.5. The van der Waals surface area contributed by atoms with Crippen LogP contribution < -0.4 is 9.47 Å². The molecule has 2 aliphatic rings. The van der Waals surface area contributed by atoms with E-state index < -0.39 is 12.0 Å². The number of halogens is 1. The number of benzene rings is 2. The first kappa shape index (κ1) is 34.9. The lowest BCUT2D eigenvalue weighted by Gasteiger charge is -2.35. The molecule has 1 aromatic heterocycles. The summed E-state index contributed by atoms with van der Waals surface area (Å²) < 4.78 is 27.5. The van der Waals surface area contributed by atoms with E-state index in [2.05, 4.69) is 47.4 Å². The minimum atomic E-state index is -0.757. The summed E-state index contributed by atoms with van der Waals surface area (Å²) in [5, 5.41) is 15.0. The van der Waals surface area contributed by atoms with Gasteiger partial charge in [-0.25, -0.2) is 4.39 Å². The lowest BCUT2D eigenvalue weighted by atomic mass is 9.87. The third-order valence-corrected chi connectivity index (χ3v) is 10.5. The van der Waals surface area contributed by atoms with Crippen LogP contribution in [0, 0.1) is 17.7 Å². The molecule has 1 aliphatic heterocycles. The molecule has 1 N–H and O–H groups in total. The van der Waals surface area contributed by atoms with Gasteiger partial charge in [0, 0.05) is 37.2 Å². The molecule has 0 radical (unpaired) electrons. The van der Waals surface area contributed by atoms with Crippen molar-refractivity contribution in [1.82, 2.24) is 19.6 Å². The minimum Gasteiger partial charge on any atom is -0.493 e. The van der Waals surface area contributed by atoms with Gasteiger partial charge in [-0.05, 0) is 118 Å². The van der Waals surface area contributed by atoms with E-state index >= 15 is 0 Å². The number of methoxy groups -OCH3 is 2. The van der Waals surface area contributed by atoms with Crippen LogP contribution in [0.15, 0.2) is 48.5 Å². The van der Waals surface area contributed by atoms with Crippen LogP contribution in [0.2, 0.25) is 0 Å². The summed E-state index contributed by atoms with van der Waals surface area (Å²) in [5.74, 6) is 1.76. The second-order valence-electron chi connectivity index (χ2n) is 14.0. The Morgan fingerprint density at radius 1 is 1.06 bits per heavy atom. The second kappa shape index (κ2) is 15.6. The summed E-state index contributed by atoms with van der Waals surface area (Å²) in [7, 11) is 5.28. The van der Waals surface area contributed by atoms with Crippen molar-refractivity contribution in [1.29, 1.82) is 0 Å². The van der Waals surface area contributed by atoms with Crippen molar-refractivity contribution in [3.8, 4) is 11.5 Å². The number of carbonyl (C=O) groups is 1. The summed E-state index contributed by atoms with van der Waals surface area (Å²) in [6.07, 6.45) is 5.26. The maximum atomic E-state index is 14.4. The van der Waals surface area contributed by atoms with Crippen LogP contribution in [-0.2, 0) is 17.8 Å². The zero-order valence-electron chi connectivity index (χ0n) is 29.0. The van der Waals surface area contributed by atoms with E-state index in [0.717, 1.165) is 86.6 Å². The molecule has 0 spiro atoms. The first-order chi connectivity index (χ1) is 22.6. The number of piperidine rings is 1. The number of ether oxygens (including phenoxy) is 2. The van der Waals surface area contributed by atoms with Crippen LogP contribution in [0.4, 0.5) is 4.39 Å². The fourth-order valence-corrected chi connectivity index (χ4v) is 8.02. The van der Waals surface area contributed by atoms with Crippen LogP contribution in [0.25, 0.3) is 0 Å². The molecular formula is C38H53FN4O4. The van der Waals surface area contributed by atoms with Crippen LogP contribution in [0.3, 0.4) is 0 Å². The highest BCUT2D eigenvalue weighted by molar-refractivity contribution is 5.73. The van der Waals surface area contributed by atoms with Crippen molar-refractivity contribution in [3.05, 3.63) is 76.9 Å². The van der Waals surface area contributed by atoms with Gasteiger partial charge in [-0.3, -0.25) is 14.4 Å². The van der Waals surface area contributed by atoms with Gasteiger partial charge in [0.2, 0.25) is 0 Å². The largest absolute Gasteiger partial charge is 0.493 e. The Hall–Kier alpha value is -3.43. The molecule has 3 aromatic rings. The first-order valence-corrected chi connectivity index (χ1v) is 17.3. The number of aromatic nitrogens is 2. The highest BCUT2D eigenvalue weighted by atomic mass is 19.1. The fourth-order valence-electron chi connectivity index (χ4n) is 8.02. The molecule has 5 rings (SSSR count). The fraction of sp³-hybridized carbons (Fsp3) is 0.579. The molecule has 1 saturated heterocycles. The van der Waals surface area contributed by atoms with Gasteiger partial charge >= 0.3 is 5.97 Å². The average molecular weight is 649 g/mol. The van der Waals surface area contributed by atoms with Gasteiger partial charge in [0.05, 0.1) is 19.9 Å². The highest BCUT2D eigenvalue weighted by Gasteiger charge is 2.41. The summed E-state index contributed by atoms with van der Waals surface area (Å²) in [5.41, 5.74) is 4.54. The van der Waals surface area contributed by atoms with Crippen molar-refractivity contribution in [2.24, 2.45) is 11.8 Å². The quantitative estimate of drug-likeness (QED) is 0.206. The van der Waals surface area contributed by atoms with E-state index in [1.165, 1.54) is 11.8 Å². The number of carboxylic acid groups (broad SMARTS) is 1. The molecule has 2 heterocycles. The molecule has 1 aliphatic carbocycles. The summed E-state index contributed by atoms with van der Waals surface area (Å²) in [6, 6.07) is 15.0. The summed E-state index contributed by atoms with van der Waals surface area (Å²) in [6.45, 7) is 10.1. The van der Waals surface area contributed by atoms with Crippen molar-refractivity contribution in [3.63, 3.8) is 0 Å². The molecule has 256 valence electrons. The Balaban J connectivity index is 1.25. The van der Waals surface area contributed by atoms with E-state index in [1.54, 1.807) is 26.4 Å². The van der Waals surface area contributed by atoms with Crippen molar-refractivity contribution < 1.29 is 23.8 Å². The predicted octanol–water partition coefficient (Wildman–Crippen LogP) is 6.82. The average Bonchev–Trinajstić information content (AvgIpc) is 3.67. The highest BCUT2D eigenvalue weighted by Crippen LogP contribution is 2.43. The van der Waals surface area contributed by atoms with Crippen molar-refractivity contribution in [2.75, 3.05) is 40.9 Å². The summed E-state index contributed by atoms with van der Waals surface area (Å²) >= 11 is 0. The van der Waals surface area contributed by atoms with Crippen LogP contribution in [0.1, 0.15) is 87.2 Å². The normalized spacial score (nSPS) is 21.4. The maximum absolute atomic E-state index is 14.4. The number of likely N-dealkylation sites (tertiary alicyclic amines) is 1. The van der Waals surface area contributed by atoms with Gasteiger partial charge in [-0.2, -0.15) is 5.10 Å². The zero-order valence-corrected chi connectivity index (χ0v) is 29.0. The monoisotopic (exact) mass is 648 g/mol. The van der Waals surface area contributed by atoms with Gasteiger partial charge in [0.1, 0.15) is 11.9 Å². The van der Waals surface area contributed by atoms with E-state index in [-0.39, 0.29) is 17.8 Å².